The van der Waals surface area contributed by atoms with Gasteiger partial charge in [-0.15, -0.1) is 0 Å². The van der Waals surface area contributed by atoms with Crippen LogP contribution in [-0.2, 0) is 0 Å². The maximum Gasteiger partial charge on any atom is 0.0350 e. The van der Waals surface area contributed by atoms with E-state index in [1.807, 2.05) is 0 Å². The average Bonchev–Trinajstić information content (AvgIpc) is 2.73. The molecule has 21 heavy (non-hydrogen) atoms. The molecule has 0 amide bonds. The normalized spacial score (nSPS) is 22.2. The third-order valence-corrected chi connectivity index (χ3v) is 5.05. The van der Waals surface area contributed by atoms with Crippen LogP contribution in [0.2, 0.25) is 0 Å². The van der Waals surface area contributed by atoms with Gasteiger partial charge < -0.3 is 10.2 Å². The molecule has 0 aromatic heterocycles. The van der Waals surface area contributed by atoms with Gasteiger partial charge in [-0.1, -0.05) is 57.0 Å². The molecule has 1 fully saturated rings. The lowest BCUT2D eigenvalue weighted by Gasteiger charge is -2.31. The Morgan fingerprint density at radius 3 is 2.48 bits per heavy atom. The van der Waals surface area contributed by atoms with Crippen molar-refractivity contribution in [1.82, 2.24) is 10.2 Å². The molecule has 1 N–H and O–H groups in total. The zero-order valence-corrected chi connectivity index (χ0v) is 14.0. The third-order valence-electron chi connectivity index (χ3n) is 5.05. The molecule has 1 aromatic rings. The van der Waals surface area contributed by atoms with Crippen LogP contribution in [-0.4, -0.2) is 31.1 Å². The number of rotatable bonds is 6. The molecule has 2 nitrogen and oxygen atoms in total. The molecule has 0 spiro atoms. The van der Waals surface area contributed by atoms with Crippen molar-refractivity contribution < 1.29 is 0 Å². The Labute approximate surface area is 130 Å². The van der Waals surface area contributed by atoms with Crippen LogP contribution in [0.3, 0.4) is 0 Å². The molecule has 118 valence electrons. The van der Waals surface area contributed by atoms with Gasteiger partial charge in [0.25, 0.3) is 0 Å². The molecule has 1 aliphatic rings. The van der Waals surface area contributed by atoms with E-state index in [1.165, 1.54) is 50.8 Å². The van der Waals surface area contributed by atoms with Crippen molar-refractivity contribution in [2.45, 2.75) is 58.0 Å². The average molecular weight is 288 g/mol. The fourth-order valence-electron chi connectivity index (χ4n) is 3.59. The van der Waals surface area contributed by atoms with E-state index in [1.54, 1.807) is 0 Å². The summed E-state index contributed by atoms with van der Waals surface area (Å²) in [6, 6.07) is 12.2. The summed E-state index contributed by atoms with van der Waals surface area (Å²) in [5, 5.41) is 4.01. The minimum absolute atomic E-state index is 0.509. The summed E-state index contributed by atoms with van der Waals surface area (Å²) in [4.78, 5) is 2.47. The van der Waals surface area contributed by atoms with Crippen molar-refractivity contribution in [3.05, 3.63) is 35.9 Å². The van der Waals surface area contributed by atoms with Gasteiger partial charge in [-0.2, -0.15) is 0 Å². The van der Waals surface area contributed by atoms with E-state index in [0.29, 0.717) is 12.1 Å². The van der Waals surface area contributed by atoms with Crippen molar-refractivity contribution in [3.63, 3.8) is 0 Å². The lowest BCUT2D eigenvalue weighted by atomic mass is 9.87. The molecule has 2 unspecified atom stereocenters. The van der Waals surface area contributed by atoms with Crippen LogP contribution in [0.15, 0.2) is 30.3 Å². The van der Waals surface area contributed by atoms with Gasteiger partial charge in [0, 0.05) is 12.1 Å². The Kier molecular flexibility index (Phi) is 6.72. The zero-order valence-electron chi connectivity index (χ0n) is 14.0. The van der Waals surface area contributed by atoms with E-state index in [2.05, 4.69) is 61.4 Å². The van der Waals surface area contributed by atoms with Crippen molar-refractivity contribution in [1.29, 1.82) is 0 Å². The Balaban J connectivity index is 2.08. The predicted octanol–water partition coefficient (Wildman–Crippen LogP) is 4.24. The highest BCUT2D eigenvalue weighted by Crippen LogP contribution is 2.29. The summed E-state index contributed by atoms with van der Waals surface area (Å²) < 4.78 is 0. The fourth-order valence-corrected chi connectivity index (χ4v) is 3.59. The van der Waals surface area contributed by atoms with Crippen LogP contribution in [0.5, 0.6) is 0 Å². The van der Waals surface area contributed by atoms with E-state index in [-0.39, 0.29) is 0 Å². The Morgan fingerprint density at radius 2 is 1.81 bits per heavy atom. The van der Waals surface area contributed by atoms with Crippen molar-refractivity contribution in [2.24, 2.45) is 5.92 Å². The summed E-state index contributed by atoms with van der Waals surface area (Å²) in [6.07, 6.45) is 6.40. The van der Waals surface area contributed by atoms with Crippen LogP contribution < -0.4 is 5.32 Å². The molecule has 1 saturated heterocycles. The SMILES string of the molecule is CCC(CC)C(NC1CCCN(C)CC1)c1ccccc1. The van der Waals surface area contributed by atoms with Gasteiger partial charge in [-0.25, -0.2) is 0 Å². The fraction of sp³-hybridized carbons (Fsp3) is 0.684. The number of hydrogen-bond donors (Lipinski definition) is 1. The van der Waals surface area contributed by atoms with Gasteiger partial charge in [0.2, 0.25) is 0 Å². The summed E-state index contributed by atoms with van der Waals surface area (Å²) >= 11 is 0. The van der Waals surface area contributed by atoms with Crippen molar-refractivity contribution >= 4 is 0 Å². The zero-order chi connectivity index (χ0) is 15.1. The van der Waals surface area contributed by atoms with Crippen LogP contribution in [0, 0.1) is 5.92 Å². The molecule has 2 atom stereocenters. The number of benzene rings is 1. The minimum Gasteiger partial charge on any atom is -0.307 e. The summed E-state index contributed by atoms with van der Waals surface area (Å²) in [5.41, 5.74) is 1.46. The highest BCUT2D eigenvalue weighted by molar-refractivity contribution is 5.20. The van der Waals surface area contributed by atoms with E-state index in [4.69, 9.17) is 0 Å². The first kappa shape index (κ1) is 16.5. The van der Waals surface area contributed by atoms with Crippen LogP contribution >= 0.6 is 0 Å². The largest absolute Gasteiger partial charge is 0.307 e. The second-order valence-electron chi connectivity index (χ2n) is 6.56. The van der Waals surface area contributed by atoms with Gasteiger partial charge in [0.05, 0.1) is 0 Å². The highest BCUT2D eigenvalue weighted by atomic mass is 15.1. The molecule has 1 aromatic carbocycles. The summed E-state index contributed by atoms with van der Waals surface area (Å²) in [5.74, 6) is 0.730. The smallest absolute Gasteiger partial charge is 0.0350 e. The van der Waals surface area contributed by atoms with E-state index < -0.39 is 0 Å². The lowest BCUT2D eigenvalue weighted by Crippen LogP contribution is -2.37. The summed E-state index contributed by atoms with van der Waals surface area (Å²) in [7, 11) is 2.25. The molecule has 0 bridgehead atoms. The minimum atomic E-state index is 0.509. The molecular weight excluding hydrogens is 256 g/mol. The van der Waals surface area contributed by atoms with Crippen LogP contribution in [0.1, 0.15) is 57.6 Å². The maximum absolute atomic E-state index is 4.01. The lowest BCUT2D eigenvalue weighted by molar-refractivity contribution is 0.290. The number of hydrogen-bond acceptors (Lipinski definition) is 2. The molecule has 1 aliphatic heterocycles. The number of likely N-dealkylation sites (tertiary alicyclic amines) is 1. The van der Waals surface area contributed by atoms with Gasteiger partial charge in [0.1, 0.15) is 0 Å². The first-order chi connectivity index (χ1) is 10.2. The van der Waals surface area contributed by atoms with Gasteiger partial charge >= 0.3 is 0 Å². The second kappa shape index (κ2) is 8.55. The Morgan fingerprint density at radius 1 is 1.10 bits per heavy atom. The standard InChI is InChI=1S/C19H32N2/c1-4-16(5-2)19(17-10-7-6-8-11-17)20-18-12-9-14-21(3)15-13-18/h6-8,10-11,16,18-20H,4-5,9,12-15H2,1-3H3. The van der Waals surface area contributed by atoms with E-state index >= 15 is 0 Å². The summed E-state index contributed by atoms with van der Waals surface area (Å²) in [6.45, 7) is 7.13. The first-order valence-electron chi connectivity index (χ1n) is 8.74. The maximum atomic E-state index is 4.01. The molecular formula is C19H32N2. The molecule has 2 rings (SSSR count). The molecule has 0 radical (unpaired) electrons. The van der Waals surface area contributed by atoms with Crippen molar-refractivity contribution in [2.75, 3.05) is 20.1 Å². The number of nitrogens with zero attached hydrogens (tertiary/aromatic N) is 1. The molecule has 0 aliphatic carbocycles. The third kappa shape index (κ3) is 4.82. The first-order valence-corrected chi connectivity index (χ1v) is 8.74. The molecule has 1 heterocycles. The van der Waals surface area contributed by atoms with Crippen LogP contribution in [0.4, 0.5) is 0 Å². The number of nitrogens with one attached hydrogen (secondary N) is 1. The Hall–Kier alpha value is -0.860. The topological polar surface area (TPSA) is 15.3 Å². The monoisotopic (exact) mass is 288 g/mol. The van der Waals surface area contributed by atoms with Gasteiger partial charge in [0.15, 0.2) is 0 Å². The Bertz CT molecular complexity index is 386. The predicted molar refractivity (Wildman–Crippen MR) is 91.5 cm³/mol. The molecule has 2 heteroatoms. The van der Waals surface area contributed by atoms with E-state index in [0.717, 1.165) is 5.92 Å². The highest BCUT2D eigenvalue weighted by Gasteiger charge is 2.24. The van der Waals surface area contributed by atoms with Crippen LogP contribution in [0.25, 0.3) is 0 Å². The van der Waals surface area contributed by atoms with Crippen molar-refractivity contribution in [3.8, 4) is 0 Å². The molecule has 0 saturated carbocycles. The van der Waals surface area contributed by atoms with Gasteiger partial charge in [-0.05, 0) is 50.9 Å². The van der Waals surface area contributed by atoms with Gasteiger partial charge in [-0.3, -0.25) is 0 Å². The quantitative estimate of drug-likeness (QED) is 0.842. The second-order valence-corrected chi connectivity index (χ2v) is 6.56. The van der Waals surface area contributed by atoms with E-state index in [9.17, 15) is 0 Å².